The lowest BCUT2D eigenvalue weighted by molar-refractivity contribution is 0.0526. The maximum Gasteiger partial charge on any atom is 0.338 e. The minimum Gasteiger partial charge on any atom is -0.462 e. The number of carbonyl (C=O) groups is 1. The van der Waals surface area contributed by atoms with E-state index in [0.29, 0.717) is 11.3 Å². The molecule has 2 heterocycles. The highest BCUT2D eigenvalue weighted by molar-refractivity contribution is 7.92. The van der Waals surface area contributed by atoms with Gasteiger partial charge >= 0.3 is 5.97 Å². The largest absolute Gasteiger partial charge is 0.462 e. The van der Waals surface area contributed by atoms with Gasteiger partial charge in [0.15, 0.2) is 5.82 Å². The first-order valence-electron chi connectivity index (χ1n) is 11.0. The number of sulfonamides is 1. The zero-order valence-electron chi connectivity index (χ0n) is 18.4. The van der Waals surface area contributed by atoms with E-state index in [1.165, 1.54) is 43.5 Å². The van der Waals surface area contributed by atoms with E-state index in [-0.39, 0.29) is 11.5 Å². The molecule has 0 bridgehead atoms. The molecule has 172 valence electrons. The highest BCUT2D eigenvalue weighted by Crippen LogP contribution is 2.24. The molecule has 0 radical (unpaired) electrons. The van der Waals surface area contributed by atoms with Crippen LogP contribution in [0.3, 0.4) is 0 Å². The molecule has 1 aliphatic heterocycles. The maximum atomic E-state index is 12.7. The van der Waals surface area contributed by atoms with Gasteiger partial charge in [0.1, 0.15) is 0 Å². The van der Waals surface area contributed by atoms with Gasteiger partial charge < -0.3 is 9.64 Å². The van der Waals surface area contributed by atoms with E-state index in [1.807, 2.05) is 12.1 Å². The highest BCUT2D eigenvalue weighted by atomic mass is 32.2. The van der Waals surface area contributed by atoms with E-state index >= 15 is 0 Å². The summed E-state index contributed by atoms with van der Waals surface area (Å²) >= 11 is 0. The highest BCUT2D eigenvalue weighted by Gasteiger charge is 2.16. The van der Waals surface area contributed by atoms with Crippen LogP contribution in [0.1, 0.15) is 36.5 Å². The number of hydrogen-bond donors (Lipinski definition) is 1. The summed E-state index contributed by atoms with van der Waals surface area (Å²) in [5, 5.41) is 8.71. The summed E-state index contributed by atoms with van der Waals surface area (Å²) in [5.74, 6) is 0.397. The van der Waals surface area contributed by atoms with Crippen molar-refractivity contribution in [2.45, 2.75) is 31.1 Å². The second-order valence-electron chi connectivity index (χ2n) is 7.75. The minimum absolute atomic E-state index is 0.0544. The van der Waals surface area contributed by atoms with E-state index < -0.39 is 16.0 Å². The Bertz CT molecular complexity index is 1190. The van der Waals surface area contributed by atoms with Crippen molar-refractivity contribution in [2.75, 3.05) is 29.3 Å². The summed E-state index contributed by atoms with van der Waals surface area (Å²) in [7, 11) is -3.80. The number of hydrogen-bond acceptors (Lipinski definition) is 7. The fraction of sp³-hybridized carbons (Fsp3) is 0.292. The van der Waals surface area contributed by atoms with Crippen molar-refractivity contribution in [1.82, 2.24) is 10.2 Å². The molecule has 0 atom stereocenters. The molecule has 1 saturated heterocycles. The molecule has 33 heavy (non-hydrogen) atoms. The summed E-state index contributed by atoms with van der Waals surface area (Å²) in [6, 6.07) is 16.5. The Morgan fingerprint density at radius 2 is 1.64 bits per heavy atom. The van der Waals surface area contributed by atoms with Crippen LogP contribution in [-0.2, 0) is 14.8 Å². The van der Waals surface area contributed by atoms with Crippen LogP contribution < -0.4 is 9.62 Å². The van der Waals surface area contributed by atoms with Gasteiger partial charge in [0.05, 0.1) is 22.8 Å². The Kier molecular flexibility index (Phi) is 6.88. The van der Waals surface area contributed by atoms with Crippen molar-refractivity contribution in [3.05, 3.63) is 66.2 Å². The number of piperidine rings is 1. The molecule has 9 heteroatoms. The molecular formula is C24H26N4O4S. The maximum absolute atomic E-state index is 12.7. The summed E-state index contributed by atoms with van der Waals surface area (Å²) in [6.07, 6.45) is 3.61. The van der Waals surface area contributed by atoms with Crippen molar-refractivity contribution < 1.29 is 17.9 Å². The fourth-order valence-electron chi connectivity index (χ4n) is 3.68. The van der Waals surface area contributed by atoms with Gasteiger partial charge in [-0.2, -0.15) is 0 Å². The number of ether oxygens (including phenoxy) is 1. The number of nitrogens with zero attached hydrogens (tertiary/aromatic N) is 3. The first-order valence-corrected chi connectivity index (χ1v) is 12.4. The van der Waals surface area contributed by atoms with Crippen LogP contribution in [0.5, 0.6) is 0 Å². The zero-order chi connectivity index (χ0) is 23.3. The molecule has 3 aromatic rings. The van der Waals surface area contributed by atoms with Crippen LogP contribution in [0.15, 0.2) is 65.6 Å². The number of esters is 1. The molecule has 1 aromatic heterocycles. The third-order valence-electron chi connectivity index (χ3n) is 5.44. The first kappa shape index (κ1) is 22.7. The summed E-state index contributed by atoms with van der Waals surface area (Å²) in [4.78, 5) is 14.0. The van der Waals surface area contributed by atoms with E-state index in [1.54, 1.807) is 31.2 Å². The average molecular weight is 467 g/mol. The Labute approximate surface area is 193 Å². The van der Waals surface area contributed by atoms with Crippen LogP contribution in [-0.4, -0.2) is 44.3 Å². The SMILES string of the molecule is CCOC(=O)c1ccc(S(=O)(=O)Nc2ccc(-c3ccc(N4CCCCC4)nn3)cc2)cc1. The lowest BCUT2D eigenvalue weighted by Crippen LogP contribution is -2.30. The van der Waals surface area contributed by atoms with Gasteiger partial charge in [0, 0.05) is 24.3 Å². The molecule has 0 saturated carbocycles. The van der Waals surface area contributed by atoms with Gasteiger partial charge in [-0.05, 0) is 74.7 Å². The van der Waals surface area contributed by atoms with E-state index in [0.717, 1.165) is 30.2 Å². The van der Waals surface area contributed by atoms with Crippen molar-refractivity contribution >= 4 is 27.5 Å². The average Bonchev–Trinajstić information content (AvgIpc) is 2.85. The summed E-state index contributed by atoms with van der Waals surface area (Å²) in [6.45, 7) is 3.98. The second-order valence-corrected chi connectivity index (χ2v) is 9.43. The van der Waals surface area contributed by atoms with Crippen molar-refractivity contribution in [3.63, 3.8) is 0 Å². The molecule has 2 aromatic carbocycles. The lowest BCUT2D eigenvalue weighted by atomic mass is 10.1. The molecule has 0 unspecified atom stereocenters. The van der Waals surface area contributed by atoms with Crippen LogP contribution in [0.25, 0.3) is 11.3 Å². The van der Waals surface area contributed by atoms with Gasteiger partial charge in [0.2, 0.25) is 0 Å². The third-order valence-corrected chi connectivity index (χ3v) is 6.84. The summed E-state index contributed by atoms with van der Waals surface area (Å²) in [5.41, 5.74) is 2.29. The monoisotopic (exact) mass is 466 g/mol. The second kappa shape index (κ2) is 9.99. The smallest absolute Gasteiger partial charge is 0.338 e. The van der Waals surface area contributed by atoms with Crippen LogP contribution >= 0.6 is 0 Å². The van der Waals surface area contributed by atoms with Crippen LogP contribution in [0.2, 0.25) is 0 Å². The van der Waals surface area contributed by atoms with E-state index in [2.05, 4.69) is 19.8 Å². The molecule has 0 amide bonds. The quantitative estimate of drug-likeness (QED) is 0.523. The fourth-order valence-corrected chi connectivity index (χ4v) is 4.74. The molecule has 8 nitrogen and oxygen atoms in total. The topological polar surface area (TPSA) is 101 Å². The molecule has 0 spiro atoms. The number of rotatable bonds is 7. The molecule has 1 fully saturated rings. The van der Waals surface area contributed by atoms with Gasteiger partial charge in [-0.1, -0.05) is 12.1 Å². The molecule has 1 N–H and O–H groups in total. The van der Waals surface area contributed by atoms with Crippen molar-refractivity contribution in [3.8, 4) is 11.3 Å². The van der Waals surface area contributed by atoms with Gasteiger partial charge in [-0.15, -0.1) is 10.2 Å². The first-order chi connectivity index (χ1) is 16.0. The standard InChI is InChI=1S/C24H26N4O4S/c1-2-32-24(29)19-8-12-21(13-9-19)33(30,31)27-20-10-6-18(7-11-20)22-14-15-23(26-25-22)28-16-4-3-5-17-28/h6-15,27H,2-5,16-17H2,1H3. The Balaban J connectivity index is 1.43. The predicted molar refractivity (Wildman–Crippen MR) is 127 cm³/mol. The Hall–Kier alpha value is -3.46. The van der Waals surface area contributed by atoms with Crippen LogP contribution in [0, 0.1) is 0 Å². The van der Waals surface area contributed by atoms with E-state index in [9.17, 15) is 13.2 Å². The normalized spacial score (nSPS) is 14.0. The number of anilines is 2. The zero-order valence-corrected chi connectivity index (χ0v) is 19.2. The van der Waals surface area contributed by atoms with Gasteiger partial charge in [-0.3, -0.25) is 4.72 Å². The van der Waals surface area contributed by atoms with Gasteiger partial charge in [0.25, 0.3) is 10.0 Å². The number of carbonyl (C=O) groups excluding carboxylic acids is 1. The van der Waals surface area contributed by atoms with Gasteiger partial charge in [-0.25, -0.2) is 13.2 Å². The molecule has 1 aliphatic rings. The van der Waals surface area contributed by atoms with Crippen molar-refractivity contribution in [1.29, 1.82) is 0 Å². The number of benzene rings is 2. The predicted octanol–water partition coefficient (Wildman–Crippen LogP) is 4.11. The molecule has 4 rings (SSSR count). The molecular weight excluding hydrogens is 440 g/mol. The lowest BCUT2D eigenvalue weighted by Gasteiger charge is -2.27. The molecule has 0 aliphatic carbocycles. The Morgan fingerprint density at radius 1 is 0.939 bits per heavy atom. The van der Waals surface area contributed by atoms with E-state index in [4.69, 9.17) is 4.74 Å². The third kappa shape index (κ3) is 5.48. The van der Waals surface area contributed by atoms with Crippen LogP contribution in [0.4, 0.5) is 11.5 Å². The number of nitrogens with one attached hydrogen (secondary N) is 1. The Morgan fingerprint density at radius 3 is 2.24 bits per heavy atom. The number of aromatic nitrogens is 2. The van der Waals surface area contributed by atoms with Crippen molar-refractivity contribution in [2.24, 2.45) is 0 Å². The summed E-state index contributed by atoms with van der Waals surface area (Å²) < 4.78 is 32.9. The minimum atomic E-state index is -3.80.